The standard InChI is InChI=1S/C11H18N2O2S2/c1-8(2)13-17(14,15)11-5-9(7-16-11)6-12-10-3-4-10/h5,7-8,10,12-13H,3-4,6H2,1-2H3. The molecule has 0 aliphatic heterocycles. The minimum absolute atomic E-state index is 0.0739. The minimum atomic E-state index is -3.32. The van der Waals surface area contributed by atoms with Crippen molar-refractivity contribution >= 4 is 21.4 Å². The summed E-state index contributed by atoms with van der Waals surface area (Å²) in [7, 11) is -3.32. The smallest absolute Gasteiger partial charge is 0.250 e. The van der Waals surface area contributed by atoms with E-state index in [-0.39, 0.29) is 6.04 Å². The number of thiophene rings is 1. The van der Waals surface area contributed by atoms with Crippen molar-refractivity contribution in [3.63, 3.8) is 0 Å². The highest BCUT2D eigenvalue weighted by Gasteiger charge is 2.21. The summed E-state index contributed by atoms with van der Waals surface area (Å²) in [6.45, 7) is 4.40. The van der Waals surface area contributed by atoms with Crippen molar-refractivity contribution in [3.8, 4) is 0 Å². The van der Waals surface area contributed by atoms with E-state index >= 15 is 0 Å². The molecule has 0 amide bonds. The van der Waals surface area contributed by atoms with Gasteiger partial charge in [0.15, 0.2) is 0 Å². The molecule has 2 rings (SSSR count). The van der Waals surface area contributed by atoms with Crippen molar-refractivity contribution in [1.29, 1.82) is 0 Å². The number of nitrogens with one attached hydrogen (secondary N) is 2. The lowest BCUT2D eigenvalue weighted by Crippen LogP contribution is -2.29. The summed E-state index contributed by atoms with van der Waals surface area (Å²) in [6, 6.07) is 2.32. The van der Waals surface area contributed by atoms with Gasteiger partial charge in [0.05, 0.1) is 0 Å². The van der Waals surface area contributed by atoms with Crippen molar-refractivity contribution in [2.24, 2.45) is 0 Å². The Labute approximate surface area is 106 Å². The maximum absolute atomic E-state index is 11.9. The molecule has 1 aromatic rings. The summed E-state index contributed by atoms with van der Waals surface area (Å²) < 4.78 is 26.8. The molecule has 6 heteroatoms. The lowest BCUT2D eigenvalue weighted by Gasteiger charge is -2.06. The van der Waals surface area contributed by atoms with E-state index in [1.807, 2.05) is 19.2 Å². The van der Waals surface area contributed by atoms with E-state index in [0.717, 1.165) is 12.1 Å². The predicted octanol–water partition coefficient (Wildman–Crippen LogP) is 1.69. The summed E-state index contributed by atoms with van der Waals surface area (Å²) in [4.78, 5) is 0. The fourth-order valence-corrected chi connectivity index (χ4v) is 3.98. The van der Waals surface area contributed by atoms with Crippen LogP contribution in [0.4, 0.5) is 0 Å². The molecule has 0 aromatic carbocycles. The summed E-state index contributed by atoms with van der Waals surface area (Å²) in [5.74, 6) is 0. The van der Waals surface area contributed by atoms with Crippen LogP contribution in [0.3, 0.4) is 0 Å². The molecule has 2 N–H and O–H groups in total. The van der Waals surface area contributed by atoms with Crippen molar-refractivity contribution in [1.82, 2.24) is 10.0 Å². The average molecular weight is 274 g/mol. The molecule has 1 aromatic heterocycles. The fourth-order valence-electron chi connectivity index (χ4n) is 1.50. The van der Waals surface area contributed by atoms with Gasteiger partial charge in [-0.2, -0.15) is 0 Å². The van der Waals surface area contributed by atoms with E-state index < -0.39 is 10.0 Å². The molecular formula is C11H18N2O2S2. The Morgan fingerprint density at radius 2 is 2.18 bits per heavy atom. The van der Waals surface area contributed by atoms with E-state index in [1.165, 1.54) is 24.2 Å². The first-order chi connectivity index (χ1) is 7.97. The molecule has 1 aliphatic carbocycles. The normalized spacial score (nSPS) is 16.6. The summed E-state index contributed by atoms with van der Waals surface area (Å²) >= 11 is 1.28. The van der Waals surface area contributed by atoms with E-state index in [9.17, 15) is 8.42 Å². The molecule has 0 unspecified atom stereocenters. The lowest BCUT2D eigenvalue weighted by atomic mass is 10.3. The first-order valence-electron chi connectivity index (χ1n) is 5.80. The Morgan fingerprint density at radius 1 is 1.47 bits per heavy atom. The topological polar surface area (TPSA) is 58.2 Å². The van der Waals surface area contributed by atoms with Crippen LogP contribution in [0, 0.1) is 0 Å². The monoisotopic (exact) mass is 274 g/mol. The second-order valence-corrected chi connectivity index (χ2v) is 7.56. The molecule has 1 fully saturated rings. The zero-order chi connectivity index (χ0) is 12.5. The maximum Gasteiger partial charge on any atom is 0.250 e. The zero-order valence-corrected chi connectivity index (χ0v) is 11.7. The Balaban J connectivity index is 2.00. The van der Waals surface area contributed by atoms with Crippen LogP contribution < -0.4 is 10.0 Å². The summed E-state index contributed by atoms with van der Waals surface area (Å²) in [5.41, 5.74) is 1.05. The van der Waals surface area contributed by atoms with Gasteiger partial charge in [-0.3, -0.25) is 0 Å². The van der Waals surface area contributed by atoms with E-state index in [1.54, 1.807) is 6.07 Å². The van der Waals surface area contributed by atoms with Gasteiger partial charge in [0.2, 0.25) is 10.0 Å². The molecule has 96 valence electrons. The quantitative estimate of drug-likeness (QED) is 0.830. The predicted molar refractivity (Wildman–Crippen MR) is 69.6 cm³/mol. The Morgan fingerprint density at radius 3 is 2.76 bits per heavy atom. The van der Waals surface area contributed by atoms with Gasteiger partial charge in [-0.05, 0) is 43.7 Å². The van der Waals surface area contributed by atoms with Gasteiger partial charge in [-0.25, -0.2) is 13.1 Å². The number of rotatable bonds is 6. The van der Waals surface area contributed by atoms with Crippen LogP contribution in [-0.4, -0.2) is 20.5 Å². The summed E-state index contributed by atoms with van der Waals surface area (Å²) in [5, 5.41) is 5.28. The van der Waals surface area contributed by atoms with Gasteiger partial charge in [-0.1, -0.05) is 0 Å². The van der Waals surface area contributed by atoms with Crippen LogP contribution in [0.2, 0.25) is 0 Å². The van der Waals surface area contributed by atoms with Crippen LogP contribution in [0.25, 0.3) is 0 Å². The van der Waals surface area contributed by atoms with Crippen molar-refractivity contribution in [2.45, 2.75) is 49.5 Å². The van der Waals surface area contributed by atoms with Gasteiger partial charge in [0.25, 0.3) is 0 Å². The minimum Gasteiger partial charge on any atom is -0.310 e. The van der Waals surface area contributed by atoms with E-state index in [2.05, 4.69) is 10.0 Å². The van der Waals surface area contributed by atoms with E-state index in [4.69, 9.17) is 0 Å². The van der Waals surface area contributed by atoms with Crippen molar-refractivity contribution < 1.29 is 8.42 Å². The second kappa shape index (κ2) is 5.06. The van der Waals surface area contributed by atoms with Crippen LogP contribution in [0.1, 0.15) is 32.3 Å². The van der Waals surface area contributed by atoms with Crippen molar-refractivity contribution in [2.75, 3.05) is 0 Å². The Kier molecular flexibility index (Phi) is 3.87. The maximum atomic E-state index is 11.9. The van der Waals surface area contributed by atoms with Crippen LogP contribution in [-0.2, 0) is 16.6 Å². The highest BCUT2D eigenvalue weighted by Crippen LogP contribution is 2.23. The molecule has 0 bridgehead atoms. The van der Waals surface area contributed by atoms with Gasteiger partial charge in [0.1, 0.15) is 4.21 Å². The molecule has 17 heavy (non-hydrogen) atoms. The third kappa shape index (κ3) is 3.77. The van der Waals surface area contributed by atoms with Gasteiger partial charge < -0.3 is 5.32 Å². The molecule has 0 saturated heterocycles. The number of hydrogen-bond donors (Lipinski definition) is 2. The molecule has 1 saturated carbocycles. The molecule has 1 aliphatic rings. The van der Waals surface area contributed by atoms with Crippen molar-refractivity contribution in [3.05, 3.63) is 17.0 Å². The van der Waals surface area contributed by atoms with E-state index in [0.29, 0.717) is 10.3 Å². The summed E-state index contributed by atoms with van der Waals surface area (Å²) in [6.07, 6.45) is 2.48. The van der Waals surface area contributed by atoms with Crippen LogP contribution >= 0.6 is 11.3 Å². The molecular weight excluding hydrogens is 256 g/mol. The first-order valence-corrected chi connectivity index (χ1v) is 8.17. The number of sulfonamides is 1. The molecule has 0 atom stereocenters. The SMILES string of the molecule is CC(C)NS(=O)(=O)c1cc(CNC2CC2)cs1. The highest BCUT2D eigenvalue weighted by atomic mass is 32.2. The third-order valence-electron chi connectivity index (χ3n) is 2.46. The molecule has 1 heterocycles. The molecule has 0 radical (unpaired) electrons. The molecule has 4 nitrogen and oxygen atoms in total. The zero-order valence-electron chi connectivity index (χ0n) is 10.1. The third-order valence-corrected chi connectivity index (χ3v) is 5.60. The van der Waals surface area contributed by atoms with Crippen LogP contribution in [0.5, 0.6) is 0 Å². The largest absolute Gasteiger partial charge is 0.310 e. The van der Waals surface area contributed by atoms with Gasteiger partial charge in [0, 0.05) is 18.6 Å². The average Bonchev–Trinajstić information content (AvgIpc) is 2.90. The first kappa shape index (κ1) is 13.0. The highest BCUT2D eigenvalue weighted by molar-refractivity contribution is 7.91. The fraction of sp³-hybridized carbons (Fsp3) is 0.636. The Hall–Kier alpha value is -0.430. The number of hydrogen-bond acceptors (Lipinski definition) is 4. The second-order valence-electron chi connectivity index (χ2n) is 4.71. The lowest BCUT2D eigenvalue weighted by molar-refractivity contribution is 0.572. The van der Waals surface area contributed by atoms with Gasteiger partial charge >= 0.3 is 0 Å². The van der Waals surface area contributed by atoms with Gasteiger partial charge in [-0.15, -0.1) is 11.3 Å². The van der Waals surface area contributed by atoms with Crippen LogP contribution in [0.15, 0.2) is 15.7 Å². The Bertz CT molecular complexity index is 475. The molecule has 0 spiro atoms.